The van der Waals surface area contributed by atoms with Gasteiger partial charge < -0.3 is 15.8 Å². The van der Waals surface area contributed by atoms with Gasteiger partial charge in [0.1, 0.15) is 5.75 Å². The minimum atomic E-state index is 0.127. The smallest absolute Gasteiger partial charge is 0.175 e. The topological polar surface area (TPSA) is 73.1 Å². The molecule has 19 heavy (non-hydrogen) atoms. The largest absolute Gasteiger partial charge is 0.452 e. The summed E-state index contributed by atoms with van der Waals surface area (Å²) in [7, 11) is 0. The fourth-order valence-electron chi connectivity index (χ4n) is 1.40. The van der Waals surface area contributed by atoms with Crippen molar-refractivity contribution in [3.8, 4) is 11.5 Å². The summed E-state index contributed by atoms with van der Waals surface area (Å²) in [4.78, 5) is 8.33. The molecule has 0 bridgehead atoms. The van der Waals surface area contributed by atoms with Gasteiger partial charge in [-0.15, -0.1) is 0 Å². The molecule has 0 amide bonds. The average Bonchev–Trinajstić information content (AvgIpc) is 2.35. The second-order valence-electron chi connectivity index (χ2n) is 3.68. The van der Waals surface area contributed by atoms with E-state index in [2.05, 4.69) is 31.2 Å². The van der Waals surface area contributed by atoms with Gasteiger partial charge in [0.05, 0.1) is 5.69 Å². The van der Waals surface area contributed by atoms with Gasteiger partial charge in [0.25, 0.3) is 0 Å². The van der Waals surface area contributed by atoms with Crippen molar-refractivity contribution in [1.82, 2.24) is 9.97 Å². The molecule has 5 nitrogen and oxygen atoms in total. The van der Waals surface area contributed by atoms with Crippen molar-refractivity contribution in [2.75, 3.05) is 5.32 Å². The normalized spacial score (nSPS) is 10.0. The quantitative estimate of drug-likeness (QED) is 0.838. The van der Waals surface area contributed by atoms with E-state index in [-0.39, 0.29) is 5.11 Å². The molecule has 2 heterocycles. The molecule has 0 aliphatic carbocycles. The van der Waals surface area contributed by atoms with Gasteiger partial charge in [-0.05, 0) is 47.2 Å². The minimum Gasteiger partial charge on any atom is -0.452 e. The van der Waals surface area contributed by atoms with Crippen LogP contribution in [0.3, 0.4) is 0 Å². The lowest BCUT2D eigenvalue weighted by Crippen LogP contribution is -2.20. The molecule has 0 fully saturated rings. The Hall–Kier alpha value is -1.73. The van der Waals surface area contributed by atoms with Crippen molar-refractivity contribution in [1.29, 1.82) is 0 Å². The molecule has 0 saturated carbocycles. The Labute approximate surface area is 124 Å². The average molecular weight is 339 g/mol. The number of nitrogens with two attached hydrogens (primary N) is 1. The molecule has 0 atom stereocenters. The maximum absolute atomic E-state index is 5.79. The summed E-state index contributed by atoms with van der Waals surface area (Å²) >= 11 is 8.15. The first-order valence-electron chi connectivity index (χ1n) is 5.38. The van der Waals surface area contributed by atoms with Crippen molar-refractivity contribution in [2.45, 2.75) is 6.92 Å². The molecule has 0 aromatic carbocycles. The predicted molar refractivity (Wildman–Crippen MR) is 81.4 cm³/mol. The fraction of sp³-hybridized carbons (Fsp3) is 0.0833. The number of nitrogens with zero attached hydrogens (tertiary/aromatic N) is 2. The number of anilines is 1. The zero-order chi connectivity index (χ0) is 13.8. The van der Waals surface area contributed by atoms with Crippen LogP contribution < -0.4 is 15.8 Å². The number of aromatic nitrogens is 2. The Bertz CT molecular complexity index is 620. The third-order valence-corrected chi connectivity index (χ3v) is 2.78. The number of aryl methyl sites for hydroxylation is 1. The van der Waals surface area contributed by atoms with E-state index >= 15 is 0 Å². The highest BCUT2D eigenvalue weighted by Crippen LogP contribution is 2.31. The van der Waals surface area contributed by atoms with E-state index in [0.29, 0.717) is 17.3 Å². The van der Waals surface area contributed by atoms with Crippen LogP contribution in [-0.4, -0.2) is 15.1 Å². The number of pyridine rings is 2. The molecular formula is C12H11BrN4OS. The van der Waals surface area contributed by atoms with E-state index in [1.807, 2.05) is 13.0 Å². The number of ether oxygens (including phenoxy) is 1. The fourth-order valence-corrected chi connectivity index (χ4v) is 1.81. The van der Waals surface area contributed by atoms with Gasteiger partial charge in [-0.3, -0.25) is 4.98 Å². The van der Waals surface area contributed by atoms with Gasteiger partial charge in [-0.25, -0.2) is 4.98 Å². The van der Waals surface area contributed by atoms with Crippen LogP contribution in [0, 0.1) is 6.92 Å². The van der Waals surface area contributed by atoms with E-state index in [1.165, 1.54) is 0 Å². The zero-order valence-corrected chi connectivity index (χ0v) is 12.5. The van der Waals surface area contributed by atoms with Crippen LogP contribution in [0.1, 0.15) is 5.69 Å². The van der Waals surface area contributed by atoms with Gasteiger partial charge in [0.2, 0.25) is 0 Å². The van der Waals surface area contributed by atoms with Crippen molar-refractivity contribution in [3.05, 3.63) is 40.8 Å². The number of rotatable bonds is 3. The van der Waals surface area contributed by atoms with Crippen molar-refractivity contribution < 1.29 is 4.74 Å². The molecular weight excluding hydrogens is 328 g/mol. The minimum absolute atomic E-state index is 0.127. The first-order chi connectivity index (χ1) is 9.06. The molecule has 0 spiro atoms. The van der Waals surface area contributed by atoms with Crippen molar-refractivity contribution >= 4 is 39.1 Å². The van der Waals surface area contributed by atoms with Crippen LogP contribution >= 0.6 is 28.1 Å². The number of thiocarbonyl (C=S) groups is 1. The summed E-state index contributed by atoms with van der Waals surface area (Å²) < 4.78 is 6.58. The molecule has 0 aliphatic heterocycles. The Morgan fingerprint density at radius 1 is 1.42 bits per heavy atom. The lowest BCUT2D eigenvalue weighted by atomic mass is 10.3. The van der Waals surface area contributed by atoms with Crippen LogP contribution in [-0.2, 0) is 0 Å². The van der Waals surface area contributed by atoms with E-state index < -0.39 is 0 Å². The van der Waals surface area contributed by atoms with Crippen molar-refractivity contribution in [3.63, 3.8) is 0 Å². The molecule has 3 N–H and O–H groups in total. The zero-order valence-electron chi connectivity index (χ0n) is 10.1. The Kier molecular flexibility index (Phi) is 4.28. The van der Waals surface area contributed by atoms with Crippen LogP contribution in [0.4, 0.5) is 5.82 Å². The second-order valence-corrected chi connectivity index (χ2v) is 5.03. The van der Waals surface area contributed by atoms with Crippen LogP contribution in [0.2, 0.25) is 0 Å². The summed E-state index contributed by atoms with van der Waals surface area (Å²) in [6.07, 6.45) is 3.33. The third-order valence-electron chi connectivity index (χ3n) is 2.24. The number of nitrogens with one attached hydrogen (secondary N) is 1. The first-order valence-corrected chi connectivity index (χ1v) is 6.58. The van der Waals surface area contributed by atoms with Crippen LogP contribution in [0.25, 0.3) is 0 Å². The van der Waals surface area contributed by atoms with Crippen molar-refractivity contribution in [2.24, 2.45) is 5.73 Å². The second kappa shape index (κ2) is 5.94. The standard InChI is InChI=1S/C12H11BrN4OS/c1-7-9(3-2-4-15-7)18-10-5-8(13)6-16-11(10)17-12(14)19/h2-6H,1H3,(H3,14,16,17,19). The molecule has 98 valence electrons. The van der Waals surface area contributed by atoms with Gasteiger partial charge in [-0.1, -0.05) is 0 Å². The lowest BCUT2D eigenvalue weighted by Gasteiger charge is -2.12. The molecule has 0 radical (unpaired) electrons. The maximum atomic E-state index is 5.79. The summed E-state index contributed by atoms with van der Waals surface area (Å²) in [5.41, 5.74) is 6.24. The number of hydrogen-bond donors (Lipinski definition) is 2. The van der Waals surface area contributed by atoms with E-state index in [4.69, 9.17) is 22.7 Å². The summed E-state index contributed by atoms with van der Waals surface area (Å²) in [5, 5.41) is 2.90. The van der Waals surface area contributed by atoms with Gasteiger partial charge in [-0.2, -0.15) is 0 Å². The monoisotopic (exact) mass is 338 g/mol. The first kappa shape index (κ1) is 13.7. The van der Waals surface area contributed by atoms with E-state index in [0.717, 1.165) is 10.2 Å². The summed E-state index contributed by atoms with van der Waals surface area (Å²) in [6, 6.07) is 5.41. The third kappa shape index (κ3) is 3.62. The Morgan fingerprint density at radius 3 is 2.89 bits per heavy atom. The molecule has 0 saturated heterocycles. The van der Waals surface area contributed by atoms with Crippen LogP contribution in [0.15, 0.2) is 35.1 Å². The Morgan fingerprint density at radius 2 is 2.21 bits per heavy atom. The van der Waals surface area contributed by atoms with Gasteiger partial charge in [0, 0.05) is 22.9 Å². The highest BCUT2D eigenvalue weighted by molar-refractivity contribution is 9.10. The molecule has 2 aromatic heterocycles. The van der Waals surface area contributed by atoms with Crippen LogP contribution in [0.5, 0.6) is 11.5 Å². The Balaban J connectivity index is 2.35. The molecule has 2 aromatic rings. The number of halogens is 1. The maximum Gasteiger partial charge on any atom is 0.175 e. The number of hydrogen-bond acceptors (Lipinski definition) is 4. The molecule has 0 unspecified atom stereocenters. The summed E-state index contributed by atoms with van der Waals surface area (Å²) in [6.45, 7) is 1.86. The SMILES string of the molecule is Cc1ncccc1Oc1cc(Br)cnc1NC(N)=S. The van der Waals surface area contributed by atoms with E-state index in [9.17, 15) is 0 Å². The highest BCUT2D eigenvalue weighted by Gasteiger charge is 2.10. The molecule has 7 heteroatoms. The summed E-state index contributed by atoms with van der Waals surface area (Å²) in [5.74, 6) is 1.62. The molecule has 0 aliphatic rings. The van der Waals surface area contributed by atoms with Gasteiger partial charge >= 0.3 is 0 Å². The lowest BCUT2D eigenvalue weighted by molar-refractivity contribution is 0.475. The highest BCUT2D eigenvalue weighted by atomic mass is 79.9. The van der Waals surface area contributed by atoms with E-state index in [1.54, 1.807) is 24.5 Å². The molecule has 2 rings (SSSR count). The predicted octanol–water partition coefficient (Wildman–Crippen LogP) is 3.00. The van der Waals surface area contributed by atoms with Gasteiger partial charge in [0.15, 0.2) is 16.7 Å².